The molecular formula is C53H58N4O. The zero-order valence-electron chi connectivity index (χ0n) is 36.2. The second kappa shape index (κ2) is 14.2. The van der Waals surface area contributed by atoms with E-state index in [2.05, 4.69) is 224 Å². The summed E-state index contributed by atoms with van der Waals surface area (Å²) in [5.74, 6) is 2.47. The van der Waals surface area contributed by atoms with Gasteiger partial charge in [-0.2, -0.15) is 0 Å². The predicted octanol–water partition coefficient (Wildman–Crippen LogP) is 14.1. The number of pyridine rings is 1. The van der Waals surface area contributed by atoms with E-state index in [1.54, 1.807) is 0 Å². The van der Waals surface area contributed by atoms with Crippen LogP contribution in [0.1, 0.15) is 98.4 Å². The fourth-order valence-corrected chi connectivity index (χ4v) is 8.20. The first-order valence-corrected chi connectivity index (χ1v) is 20.6. The van der Waals surface area contributed by atoms with Gasteiger partial charge in [0.2, 0.25) is 0 Å². The molecule has 0 aliphatic carbocycles. The Balaban J connectivity index is 1.23. The number of nitrogens with zero attached hydrogens (tertiary/aromatic N) is 4. The van der Waals surface area contributed by atoms with Crippen molar-refractivity contribution >= 4 is 33.2 Å². The lowest BCUT2D eigenvalue weighted by Gasteiger charge is -2.31. The molecule has 3 heterocycles. The van der Waals surface area contributed by atoms with Gasteiger partial charge >= 0.3 is 0 Å². The Morgan fingerprint density at radius 2 is 1.17 bits per heavy atom. The van der Waals surface area contributed by atoms with E-state index in [0.717, 1.165) is 39.4 Å². The van der Waals surface area contributed by atoms with E-state index < -0.39 is 0 Å². The van der Waals surface area contributed by atoms with E-state index in [1.807, 2.05) is 6.20 Å². The molecule has 0 bridgehead atoms. The molecule has 5 nitrogen and oxygen atoms in total. The van der Waals surface area contributed by atoms with Crippen molar-refractivity contribution < 1.29 is 4.74 Å². The van der Waals surface area contributed by atoms with E-state index >= 15 is 0 Å². The Bertz CT molecular complexity index is 2650. The topological polar surface area (TPSA) is 33.5 Å². The monoisotopic (exact) mass is 766 g/mol. The number of hydrogen-bond acceptors (Lipinski definition) is 4. The average Bonchev–Trinajstić information content (AvgIpc) is 3.78. The summed E-state index contributed by atoms with van der Waals surface area (Å²) in [6.07, 6.45) is 4.26. The van der Waals surface area contributed by atoms with Crippen molar-refractivity contribution in [3.63, 3.8) is 0 Å². The minimum atomic E-state index is -0.283. The van der Waals surface area contributed by atoms with E-state index in [4.69, 9.17) is 9.72 Å². The van der Waals surface area contributed by atoms with Gasteiger partial charge in [-0.05, 0) is 87.7 Å². The highest BCUT2D eigenvalue weighted by Crippen LogP contribution is 2.43. The van der Waals surface area contributed by atoms with E-state index in [1.165, 1.54) is 39.0 Å². The number of benzene rings is 5. The maximum absolute atomic E-state index is 6.98. The van der Waals surface area contributed by atoms with Gasteiger partial charge in [-0.15, -0.1) is 0 Å². The number of anilines is 2. The fourth-order valence-electron chi connectivity index (χ4n) is 8.20. The molecule has 0 N–H and O–H groups in total. The van der Waals surface area contributed by atoms with Gasteiger partial charge in [-0.3, -0.25) is 4.57 Å². The van der Waals surface area contributed by atoms with Crippen molar-refractivity contribution in [1.82, 2.24) is 9.55 Å². The van der Waals surface area contributed by atoms with E-state index in [-0.39, 0.29) is 21.7 Å². The van der Waals surface area contributed by atoms with Crippen LogP contribution in [0.25, 0.3) is 27.6 Å². The maximum Gasteiger partial charge on any atom is 0.137 e. The Morgan fingerprint density at radius 1 is 0.500 bits per heavy atom. The Morgan fingerprint density at radius 3 is 1.86 bits per heavy atom. The summed E-state index contributed by atoms with van der Waals surface area (Å²) in [4.78, 5) is 9.74. The number of ether oxygens (including phenoxy) is 1. The molecule has 7 aromatic rings. The van der Waals surface area contributed by atoms with Gasteiger partial charge in [0.15, 0.2) is 0 Å². The first-order valence-electron chi connectivity index (χ1n) is 20.6. The molecule has 0 spiro atoms. The quantitative estimate of drug-likeness (QED) is 0.162. The molecular weight excluding hydrogens is 709 g/mol. The highest BCUT2D eigenvalue weighted by molar-refractivity contribution is 6.09. The molecule has 0 amide bonds. The summed E-state index contributed by atoms with van der Waals surface area (Å²) >= 11 is 0. The highest BCUT2D eigenvalue weighted by atomic mass is 16.5. The van der Waals surface area contributed by atoms with E-state index in [0.29, 0.717) is 6.67 Å². The van der Waals surface area contributed by atoms with E-state index in [9.17, 15) is 0 Å². The van der Waals surface area contributed by atoms with Gasteiger partial charge in [-0.1, -0.05) is 137 Å². The standard InChI is InChI=1S/C53H58N4O/c1-50(2,3)36-21-23-40(24-22-36)56-35-55(34-48(56)52(7,8)9)41-29-39(53(10,11)37-17-13-12-14-18-37)30-43(32-41)58-42-25-26-45-44-19-15-16-20-46(44)57(47(45)33-42)49-31-38(27-28-54-49)51(4,5)6/h12-34H,35H2,1-11H3. The lowest BCUT2D eigenvalue weighted by atomic mass is 9.78. The minimum absolute atomic E-state index is 0.00688. The third kappa shape index (κ3) is 7.39. The molecule has 0 saturated carbocycles. The minimum Gasteiger partial charge on any atom is -0.457 e. The van der Waals surface area contributed by atoms with Crippen LogP contribution in [0.5, 0.6) is 11.5 Å². The number of rotatable bonds is 7. The molecule has 296 valence electrons. The van der Waals surface area contributed by atoms with Crippen molar-refractivity contribution in [2.45, 2.75) is 92.4 Å². The molecule has 2 aromatic heterocycles. The summed E-state index contributed by atoms with van der Waals surface area (Å²) in [6, 6.07) is 46.0. The van der Waals surface area contributed by atoms with Crippen LogP contribution in [0.2, 0.25) is 0 Å². The summed E-state index contributed by atoms with van der Waals surface area (Å²) < 4.78 is 9.26. The zero-order valence-corrected chi connectivity index (χ0v) is 36.2. The van der Waals surface area contributed by atoms with Crippen LogP contribution in [0.4, 0.5) is 11.4 Å². The molecule has 0 radical (unpaired) electrons. The van der Waals surface area contributed by atoms with Crippen molar-refractivity contribution in [2.24, 2.45) is 5.41 Å². The number of aromatic nitrogens is 2. The SMILES string of the molecule is CC(C)(C)C1=CN(c2cc(Oc3ccc4c5ccccc5n(-c5cc(C(C)(C)C)ccn5)c4c3)cc(C(C)(C)c3ccccc3)c2)CN1c1ccc(C(C)(C)C)cc1. The molecule has 5 heteroatoms. The highest BCUT2D eigenvalue weighted by Gasteiger charge is 2.33. The average molecular weight is 767 g/mol. The number of fused-ring (bicyclic) bond motifs is 3. The van der Waals surface area contributed by atoms with Crippen LogP contribution in [0, 0.1) is 5.41 Å². The van der Waals surface area contributed by atoms with Crippen LogP contribution in [0.15, 0.2) is 145 Å². The second-order valence-electron chi connectivity index (χ2n) is 19.6. The van der Waals surface area contributed by atoms with Crippen molar-refractivity contribution in [1.29, 1.82) is 0 Å². The van der Waals surface area contributed by atoms with Crippen LogP contribution in [-0.2, 0) is 16.2 Å². The Kier molecular flexibility index (Phi) is 9.58. The summed E-state index contributed by atoms with van der Waals surface area (Å²) in [5, 5.41) is 2.35. The maximum atomic E-state index is 6.98. The number of para-hydroxylation sites is 1. The fraction of sp³-hybridized carbons (Fsp3) is 0.302. The Labute approximate surface area is 345 Å². The van der Waals surface area contributed by atoms with Gasteiger partial charge in [0.25, 0.3) is 0 Å². The molecule has 8 rings (SSSR count). The van der Waals surface area contributed by atoms with Crippen LogP contribution in [0.3, 0.4) is 0 Å². The molecule has 0 saturated heterocycles. The van der Waals surface area contributed by atoms with Crippen LogP contribution in [-0.4, -0.2) is 16.2 Å². The first kappa shape index (κ1) is 39.0. The summed E-state index contributed by atoms with van der Waals surface area (Å²) in [7, 11) is 0. The molecule has 1 aliphatic rings. The molecule has 5 aromatic carbocycles. The number of hydrogen-bond donors (Lipinski definition) is 0. The van der Waals surface area contributed by atoms with Gasteiger partial charge in [0, 0.05) is 63.2 Å². The number of allylic oxidation sites excluding steroid dienone is 1. The normalized spacial score (nSPS) is 14.1. The lowest BCUT2D eigenvalue weighted by molar-refractivity contribution is 0.480. The zero-order chi connectivity index (χ0) is 41.2. The molecule has 0 atom stereocenters. The van der Waals surface area contributed by atoms with Gasteiger partial charge in [0.1, 0.15) is 17.3 Å². The van der Waals surface area contributed by atoms with Crippen molar-refractivity contribution in [2.75, 3.05) is 16.5 Å². The molecule has 58 heavy (non-hydrogen) atoms. The molecule has 1 aliphatic heterocycles. The molecule has 0 fully saturated rings. The molecule has 0 unspecified atom stereocenters. The first-order chi connectivity index (χ1) is 27.4. The third-order valence-corrected chi connectivity index (χ3v) is 11.8. The van der Waals surface area contributed by atoms with Crippen LogP contribution >= 0.6 is 0 Å². The van der Waals surface area contributed by atoms with Gasteiger partial charge in [-0.25, -0.2) is 4.98 Å². The summed E-state index contributed by atoms with van der Waals surface area (Å²) in [6.45, 7) is 25.7. The summed E-state index contributed by atoms with van der Waals surface area (Å²) in [5.41, 5.74) is 10.5. The van der Waals surface area contributed by atoms with Gasteiger partial charge in [0.05, 0.1) is 17.7 Å². The third-order valence-electron chi connectivity index (χ3n) is 11.8. The Hall–Kier alpha value is -5.81. The van der Waals surface area contributed by atoms with Crippen molar-refractivity contribution in [3.05, 3.63) is 168 Å². The lowest BCUT2D eigenvalue weighted by Crippen LogP contribution is -2.30. The predicted molar refractivity (Wildman–Crippen MR) is 245 cm³/mol. The largest absolute Gasteiger partial charge is 0.457 e. The van der Waals surface area contributed by atoms with Crippen LogP contribution < -0.4 is 14.5 Å². The van der Waals surface area contributed by atoms with Gasteiger partial charge < -0.3 is 14.5 Å². The van der Waals surface area contributed by atoms with Crippen molar-refractivity contribution in [3.8, 4) is 17.3 Å². The smallest absolute Gasteiger partial charge is 0.137 e. The second-order valence-corrected chi connectivity index (χ2v) is 19.6.